The number of benzene rings is 1. The monoisotopic (exact) mass is 234 g/mol. The zero-order valence-electron chi connectivity index (χ0n) is 10.9. The summed E-state index contributed by atoms with van der Waals surface area (Å²) in [5, 5.41) is 3.60. The first-order valence-electron chi connectivity index (χ1n) is 6.91. The summed E-state index contributed by atoms with van der Waals surface area (Å²) in [5.74, 6) is 0. The first kappa shape index (κ1) is 12.6. The Morgan fingerprint density at radius 1 is 1.24 bits per heavy atom. The van der Waals surface area contributed by atoms with Gasteiger partial charge in [-0.25, -0.2) is 0 Å². The third-order valence-corrected chi connectivity index (χ3v) is 3.59. The van der Waals surface area contributed by atoms with Gasteiger partial charge >= 0.3 is 0 Å². The predicted octanol–water partition coefficient (Wildman–Crippen LogP) is 3.07. The van der Waals surface area contributed by atoms with Crippen LogP contribution >= 0.6 is 0 Å². The number of hydrogen-bond acceptors (Lipinski definition) is 2. The van der Waals surface area contributed by atoms with Crippen molar-refractivity contribution in [3.05, 3.63) is 35.9 Å². The molecule has 2 heteroatoms. The van der Waals surface area contributed by atoms with Crippen LogP contribution in [-0.4, -0.2) is 31.1 Å². The molecule has 0 aromatic heterocycles. The average molecular weight is 234 g/mol. The molecule has 0 aliphatic carbocycles. The predicted molar refractivity (Wildman–Crippen MR) is 75.3 cm³/mol. The minimum absolute atomic E-state index is 0. The van der Waals surface area contributed by atoms with Gasteiger partial charge in [0.1, 0.15) is 0 Å². The van der Waals surface area contributed by atoms with E-state index in [2.05, 4.69) is 47.5 Å². The minimum atomic E-state index is 0. The first-order valence-corrected chi connectivity index (χ1v) is 6.91. The van der Waals surface area contributed by atoms with Crippen molar-refractivity contribution in [1.82, 2.24) is 10.2 Å². The lowest BCUT2D eigenvalue weighted by molar-refractivity contribution is 0.311. The number of hydrogen-bond donors (Lipinski definition) is 1. The molecule has 1 aromatic carbocycles. The van der Waals surface area contributed by atoms with Crippen LogP contribution in [0.5, 0.6) is 0 Å². The van der Waals surface area contributed by atoms with Crippen LogP contribution in [0.15, 0.2) is 30.3 Å². The zero-order chi connectivity index (χ0) is 11.9. The van der Waals surface area contributed by atoms with E-state index < -0.39 is 0 Å². The van der Waals surface area contributed by atoms with Gasteiger partial charge in [0.2, 0.25) is 0 Å². The molecule has 0 unspecified atom stereocenters. The maximum Gasteiger partial charge on any atom is 0.0332 e. The first-order chi connectivity index (χ1) is 8.40. The van der Waals surface area contributed by atoms with Crippen LogP contribution in [0.3, 0.4) is 0 Å². The van der Waals surface area contributed by atoms with Gasteiger partial charge in [0.25, 0.3) is 0 Å². The van der Waals surface area contributed by atoms with Crippen LogP contribution in [-0.2, 0) is 0 Å². The van der Waals surface area contributed by atoms with E-state index >= 15 is 0 Å². The van der Waals surface area contributed by atoms with Crippen molar-refractivity contribution < 1.29 is 1.43 Å². The van der Waals surface area contributed by atoms with E-state index in [9.17, 15) is 0 Å². The SMILES string of the molecule is CCN[C@H](CCN1CCCC1)c1ccccc1.[HH]. The number of likely N-dealkylation sites (tertiary alicyclic amines) is 1. The topological polar surface area (TPSA) is 15.3 Å². The van der Waals surface area contributed by atoms with Crippen molar-refractivity contribution in [2.24, 2.45) is 0 Å². The second-order valence-electron chi connectivity index (χ2n) is 4.86. The Balaban J connectivity index is 0.00000162. The third kappa shape index (κ3) is 3.83. The molecule has 1 N–H and O–H groups in total. The fourth-order valence-corrected chi connectivity index (χ4v) is 2.64. The van der Waals surface area contributed by atoms with Crippen LogP contribution < -0.4 is 5.32 Å². The van der Waals surface area contributed by atoms with Gasteiger partial charge in [0, 0.05) is 7.47 Å². The van der Waals surface area contributed by atoms with Crippen molar-refractivity contribution >= 4 is 0 Å². The van der Waals surface area contributed by atoms with Gasteiger partial charge in [-0.1, -0.05) is 37.3 Å². The van der Waals surface area contributed by atoms with Crippen LogP contribution in [0.4, 0.5) is 0 Å². The smallest absolute Gasteiger partial charge is 0.0332 e. The molecule has 0 saturated carbocycles. The maximum absolute atomic E-state index is 3.60. The van der Waals surface area contributed by atoms with E-state index in [1.165, 1.54) is 44.5 Å². The summed E-state index contributed by atoms with van der Waals surface area (Å²) in [7, 11) is 0. The van der Waals surface area contributed by atoms with Crippen molar-refractivity contribution in [2.45, 2.75) is 32.2 Å². The van der Waals surface area contributed by atoms with Crippen LogP contribution in [0.1, 0.15) is 39.2 Å². The molecule has 1 aliphatic rings. The molecule has 1 atom stereocenters. The number of nitrogens with one attached hydrogen (secondary N) is 1. The molecule has 2 rings (SSSR count). The van der Waals surface area contributed by atoms with E-state index in [1.54, 1.807) is 0 Å². The molecular formula is C15H26N2. The van der Waals surface area contributed by atoms with Crippen molar-refractivity contribution in [1.29, 1.82) is 0 Å². The van der Waals surface area contributed by atoms with Gasteiger partial charge in [0.05, 0.1) is 0 Å². The van der Waals surface area contributed by atoms with E-state index in [4.69, 9.17) is 0 Å². The Bertz CT molecular complexity index is 310. The molecule has 2 nitrogen and oxygen atoms in total. The summed E-state index contributed by atoms with van der Waals surface area (Å²) in [5.41, 5.74) is 1.42. The molecule has 0 amide bonds. The Morgan fingerprint density at radius 3 is 2.59 bits per heavy atom. The Kier molecular flexibility index (Phi) is 5.02. The average Bonchev–Trinajstić information content (AvgIpc) is 2.88. The van der Waals surface area contributed by atoms with Crippen molar-refractivity contribution in [2.75, 3.05) is 26.2 Å². The third-order valence-electron chi connectivity index (χ3n) is 3.59. The molecule has 0 bridgehead atoms. The highest BCUT2D eigenvalue weighted by Gasteiger charge is 2.15. The van der Waals surface area contributed by atoms with Gasteiger partial charge in [-0.15, -0.1) is 0 Å². The van der Waals surface area contributed by atoms with Gasteiger partial charge in [-0.3, -0.25) is 0 Å². The van der Waals surface area contributed by atoms with E-state index in [0.717, 1.165) is 6.54 Å². The molecule has 0 radical (unpaired) electrons. The summed E-state index contributed by atoms with van der Waals surface area (Å²) in [4.78, 5) is 2.59. The normalized spacial score (nSPS) is 18.4. The molecule has 1 heterocycles. The van der Waals surface area contributed by atoms with E-state index in [0.29, 0.717) is 6.04 Å². The summed E-state index contributed by atoms with van der Waals surface area (Å²) < 4.78 is 0. The van der Waals surface area contributed by atoms with Crippen molar-refractivity contribution in [3.8, 4) is 0 Å². The minimum Gasteiger partial charge on any atom is -0.310 e. The standard InChI is InChI=1S/C15H24N2.H2/c1-2-16-15(14-8-4-3-5-9-14)10-13-17-11-6-7-12-17;/h3-5,8-9,15-16H,2,6-7,10-13H2,1H3;1H/t15-;/m1./s1. The molecule has 96 valence electrons. The van der Waals surface area contributed by atoms with E-state index in [1.807, 2.05) is 0 Å². The van der Waals surface area contributed by atoms with Crippen LogP contribution in [0.2, 0.25) is 0 Å². The molecule has 0 spiro atoms. The largest absolute Gasteiger partial charge is 0.310 e. The van der Waals surface area contributed by atoms with Crippen molar-refractivity contribution in [3.63, 3.8) is 0 Å². The van der Waals surface area contributed by atoms with Gasteiger partial charge in [-0.05, 0) is 51.0 Å². The highest BCUT2D eigenvalue weighted by molar-refractivity contribution is 5.18. The number of rotatable bonds is 6. The Morgan fingerprint density at radius 2 is 1.94 bits per heavy atom. The quantitative estimate of drug-likeness (QED) is 0.814. The molecule has 17 heavy (non-hydrogen) atoms. The lowest BCUT2D eigenvalue weighted by Gasteiger charge is -2.22. The van der Waals surface area contributed by atoms with Crippen LogP contribution in [0, 0.1) is 0 Å². The summed E-state index contributed by atoms with van der Waals surface area (Å²) in [6.45, 7) is 7.05. The second-order valence-corrected chi connectivity index (χ2v) is 4.86. The maximum atomic E-state index is 3.60. The Labute approximate surface area is 107 Å². The van der Waals surface area contributed by atoms with Gasteiger partial charge < -0.3 is 10.2 Å². The fraction of sp³-hybridized carbons (Fsp3) is 0.600. The molecule has 1 aliphatic heterocycles. The highest BCUT2D eigenvalue weighted by atomic mass is 15.1. The zero-order valence-corrected chi connectivity index (χ0v) is 10.9. The highest BCUT2D eigenvalue weighted by Crippen LogP contribution is 2.18. The molecular weight excluding hydrogens is 208 g/mol. The molecule has 1 saturated heterocycles. The van der Waals surface area contributed by atoms with Gasteiger partial charge in [0.15, 0.2) is 0 Å². The van der Waals surface area contributed by atoms with E-state index in [-0.39, 0.29) is 1.43 Å². The molecule has 1 aromatic rings. The van der Waals surface area contributed by atoms with Gasteiger partial charge in [-0.2, -0.15) is 0 Å². The fourth-order valence-electron chi connectivity index (χ4n) is 2.64. The van der Waals surface area contributed by atoms with Crippen LogP contribution in [0.25, 0.3) is 0 Å². The number of nitrogens with zero attached hydrogens (tertiary/aromatic N) is 1. The summed E-state index contributed by atoms with van der Waals surface area (Å²) in [6, 6.07) is 11.3. The second kappa shape index (κ2) is 6.77. The lowest BCUT2D eigenvalue weighted by atomic mass is 10.0. The summed E-state index contributed by atoms with van der Waals surface area (Å²) >= 11 is 0. The molecule has 1 fully saturated rings. The Hall–Kier alpha value is -0.860. The lowest BCUT2D eigenvalue weighted by Crippen LogP contribution is -2.27. The summed E-state index contributed by atoms with van der Waals surface area (Å²) in [6.07, 6.45) is 3.99.